The zero-order chi connectivity index (χ0) is 23.8. The van der Waals surface area contributed by atoms with Crippen molar-refractivity contribution in [3.05, 3.63) is 18.2 Å². The minimum atomic E-state index is -1.56. The van der Waals surface area contributed by atoms with Crippen molar-refractivity contribution in [1.29, 1.82) is 0 Å². The summed E-state index contributed by atoms with van der Waals surface area (Å²) in [4.78, 5) is 0. The first-order valence-corrected chi connectivity index (χ1v) is 17.1. The monoisotopic (exact) mass is 584 g/mol. The van der Waals surface area contributed by atoms with Gasteiger partial charge in [-0.1, -0.05) is 19.3 Å². The molecule has 1 N–H and O–H groups in total. The van der Waals surface area contributed by atoms with Gasteiger partial charge in [0.1, 0.15) is 17.0 Å². The topological polar surface area (TPSA) is 47.9 Å². The number of phenols is 1. The summed E-state index contributed by atoms with van der Waals surface area (Å²) >= 11 is 0. The van der Waals surface area contributed by atoms with Crippen molar-refractivity contribution >= 4 is 22.1 Å². The van der Waals surface area contributed by atoms with Gasteiger partial charge >= 0.3 is 0 Å². The zero-order valence-corrected chi connectivity index (χ0v) is 25.3. The van der Waals surface area contributed by atoms with E-state index in [0.29, 0.717) is 21.5 Å². The summed E-state index contributed by atoms with van der Waals surface area (Å²) in [6.07, 6.45) is 21.4. The molecule has 0 saturated heterocycles. The van der Waals surface area contributed by atoms with Crippen molar-refractivity contribution in [2.45, 2.75) is 119 Å². The Labute approximate surface area is 227 Å². The highest BCUT2D eigenvalue weighted by Crippen LogP contribution is 2.77. The summed E-state index contributed by atoms with van der Waals surface area (Å²) in [6.45, 7) is 0. The number of hydrogen-bond acceptors (Lipinski definition) is 4. The van der Waals surface area contributed by atoms with E-state index < -0.39 is 7.26 Å². The largest absolute Gasteiger partial charge is 1.00 e. The van der Waals surface area contributed by atoms with E-state index >= 15 is 0 Å². The summed E-state index contributed by atoms with van der Waals surface area (Å²) < 4.78 is 17.4. The maximum atomic E-state index is 10.8. The Morgan fingerprint density at radius 1 is 0.800 bits per heavy atom. The number of phenolic OH excluding ortho intramolecular Hbond substituents is 1. The Hall–Kier alpha value is -0.133. The van der Waals surface area contributed by atoms with Gasteiger partial charge in [0.15, 0.2) is 15.3 Å². The molecular formula is C28H46BrO4PSi. The predicted octanol–water partition coefficient (Wildman–Crippen LogP) is 3.65. The van der Waals surface area contributed by atoms with Crippen LogP contribution in [0.2, 0.25) is 0 Å². The highest BCUT2D eigenvalue weighted by molar-refractivity contribution is 7.85. The lowest BCUT2D eigenvalue weighted by Gasteiger charge is -2.49. The van der Waals surface area contributed by atoms with Gasteiger partial charge in [0.05, 0.1) is 30.5 Å². The molecule has 3 aliphatic carbocycles. The van der Waals surface area contributed by atoms with Gasteiger partial charge in [-0.05, 0) is 89.2 Å². The molecule has 4 rings (SSSR count). The van der Waals surface area contributed by atoms with Crippen molar-refractivity contribution < 1.29 is 36.3 Å². The maximum Gasteiger partial charge on any atom is 0.166 e. The summed E-state index contributed by atoms with van der Waals surface area (Å²) in [5, 5.41) is 12.2. The molecule has 7 heteroatoms. The van der Waals surface area contributed by atoms with Crippen LogP contribution in [0.4, 0.5) is 0 Å². The fourth-order valence-corrected chi connectivity index (χ4v) is 15.6. The molecule has 0 aliphatic heterocycles. The van der Waals surface area contributed by atoms with Gasteiger partial charge in [-0.2, -0.15) is 0 Å². The quantitative estimate of drug-likeness (QED) is 0.259. The first-order valence-electron chi connectivity index (χ1n) is 13.8. The molecule has 0 aromatic heterocycles. The van der Waals surface area contributed by atoms with Crippen LogP contribution in [-0.2, 0) is 9.47 Å². The van der Waals surface area contributed by atoms with E-state index in [0.717, 1.165) is 22.7 Å². The molecule has 4 nitrogen and oxygen atoms in total. The number of rotatable bonds is 10. The minimum absolute atomic E-state index is 0. The summed E-state index contributed by atoms with van der Waals surface area (Å²) in [5.74, 6) is 1.25. The lowest BCUT2D eigenvalue weighted by atomic mass is 9.99. The van der Waals surface area contributed by atoms with Gasteiger partial charge in [-0.3, -0.25) is 0 Å². The van der Waals surface area contributed by atoms with Crippen LogP contribution in [0.25, 0.3) is 0 Å². The molecule has 0 heterocycles. The standard InChI is InChI=1S/C28H45O4PSi.BrH/c1-30-28(31-2)34-21-32-26-19-18-22(29)20-27(26)33(23-12-6-3-7-13-23,24-14-8-4-9-15-24)25-16-10-5-11-17-25;/h18-20,23-25,28H,3-17,21H2,1-2H3;1H. The normalized spacial score (nSPS) is 21.1. The molecule has 1 aromatic carbocycles. The number of aromatic hydroxyl groups is 1. The molecule has 0 spiro atoms. The molecule has 3 aliphatic rings. The molecule has 0 bridgehead atoms. The second-order valence-electron chi connectivity index (χ2n) is 10.7. The summed E-state index contributed by atoms with van der Waals surface area (Å²) in [7, 11) is 2.25. The second kappa shape index (κ2) is 14.7. The summed E-state index contributed by atoms with van der Waals surface area (Å²) in [6, 6.07) is 6.07. The van der Waals surface area contributed by atoms with Crippen molar-refractivity contribution in [2.75, 3.05) is 20.4 Å². The number of ether oxygens (including phenoxy) is 3. The molecule has 2 radical (unpaired) electrons. The van der Waals surface area contributed by atoms with Crippen LogP contribution in [0.15, 0.2) is 18.2 Å². The fourth-order valence-electron chi connectivity index (χ4n) is 7.39. The molecule has 198 valence electrons. The van der Waals surface area contributed by atoms with Gasteiger partial charge in [0.25, 0.3) is 0 Å². The second-order valence-corrected chi connectivity index (χ2v) is 16.2. The van der Waals surface area contributed by atoms with Crippen LogP contribution in [0.5, 0.6) is 11.5 Å². The third-order valence-electron chi connectivity index (χ3n) is 8.80. The Morgan fingerprint density at radius 3 is 1.69 bits per heavy atom. The zero-order valence-electron chi connectivity index (χ0n) is 21.9. The van der Waals surface area contributed by atoms with E-state index in [1.807, 2.05) is 6.07 Å². The van der Waals surface area contributed by atoms with E-state index in [9.17, 15) is 5.11 Å². The lowest BCUT2D eigenvalue weighted by Crippen LogP contribution is -3.00. The van der Waals surface area contributed by atoms with Crippen LogP contribution >= 0.6 is 7.26 Å². The smallest absolute Gasteiger partial charge is 0.166 e. The van der Waals surface area contributed by atoms with Crippen LogP contribution in [0.3, 0.4) is 0 Å². The van der Waals surface area contributed by atoms with Crippen LogP contribution in [0, 0.1) is 0 Å². The van der Waals surface area contributed by atoms with E-state index in [1.165, 1.54) is 102 Å². The molecular weight excluding hydrogens is 539 g/mol. The summed E-state index contributed by atoms with van der Waals surface area (Å²) in [5.41, 5.74) is 2.43. The van der Waals surface area contributed by atoms with E-state index in [-0.39, 0.29) is 22.9 Å². The average molecular weight is 586 g/mol. The van der Waals surface area contributed by atoms with Crippen LogP contribution in [0.1, 0.15) is 96.3 Å². The highest BCUT2D eigenvalue weighted by atomic mass is 79.9. The Balaban J connectivity index is 0.00000342. The van der Waals surface area contributed by atoms with Crippen molar-refractivity contribution in [1.82, 2.24) is 0 Å². The SMILES string of the molecule is COC(OC)[Si]COc1ccc(O)cc1[P+](C1CCCCC1)(C1CCCCC1)C1CCCCC1.[Br-]. The van der Waals surface area contributed by atoms with Gasteiger partial charge in [0.2, 0.25) is 0 Å². The average Bonchev–Trinajstić information content (AvgIpc) is 2.90. The highest BCUT2D eigenvalue weighted by Gasteiger charge is 2.60. The van der Waals surface area contributed by atoms with Crippen LogP contribution in [-0.4, -0.2) is 58.0 Å². The molecule has 0 unspecified atom stereocenters. The Kier molecular flexibility index (Phi) is 12.4. The minimum Gasteiger partial charge on any atom is -1.00 e. The number of methoxy groups -OCH3 is 2. The third kappa shape index (κ3) is 6.85. The maximum absolute atomic E-state index is 10.8. The van der Waals surface area contributed by atoms with Gasteiger partial charge in [-0.25, -0.2) is 0 Å². The number of benzene rings is 1. The third-order valence-corrected chi connectivity index (χ3v) is 16.3. The van der Waals surface area contributed by atoms with E-state index in [1.54, 1.807) is 14.2 Å². The van der Waals surface area contributed by atoms with E-state index in [2.05, 4.69) is 12.1 Å². The van der Waals surface area contributed by atoms with Crippen molar-refractivity contribution in [3.63, 3.8) is 0 Å². The Bertz CT molecular complexity index is 699. The predicted molar refractivity (Wildman–Crippen MR) is 144 cm³/mol. The first-order chi connectivity index (χ1) is 16.7. The van der Waals surface area contributed by atoms with Gasteiger partial charge in [0, 0.05) is 20.3 Å². The lowest BCUT2D eigenvalue weighted by molar-refractivity contribution is -0.0451. The van der Waals surface area contributed by atoms with Crippen molar-refractivity contribution in [2.24, 2.45) is 0 Å². The Morgan fingerprint density at radius 2 is 1.26 bits per heavy atom. The van der Waals surface area contributed by atoms with Gasteiger partial charge in [-0.15, -0.1) is 0 Å². The number of halogens is 1. The van der Waals surface area contributed by atoms with Crippen LogP contribution < -0.4 is 27.0 Å². The molecule has 3 fully saturated rings. The van der Waals surface area contributed by atoms with Gasteiger partial charge < -0.3 is 36.3 Å². The molecule has 0 atom stereocenters. The first kappa shape index (κ1) is 29.4. The molecule has 3 saturated carbocycles. The van der Waals surface area contributed by atoms with E-state index in [4.69, 9.17) is 14.2 Å². The van der Waals surface area contributed by atoms with Crippen molar-refractivity contribution in [3.8, 4) is 11.5 Å². The molecule has 1 aromatic rings. The number of hydrogen-bond donors (Lipinski definition) is 1. The fraction of sp³-hybridized carbons (Fsp3) is 0.786. The molecule has 35 heavy (non-hydrogen) atoms. The molecule has 0 amide bonds.